The maximum atomic E-state index is 11.1. The molecular formula is C10H10O5. The standard InChI is InChI=1S/C10H10O5/c1-10-3-2-5(4-10)6-7(10)14-9(12)15-8(11)13-6/h2-3,5-7H,4H2,1H3/t5-,6-,7?,10+/m1/s1. The Morgan fingerprint density at radius 2 is 2.07 bits per heavy atom. The highest BCUT2D eigenvalue weighted by Gasteiger charge is 2.58. The maximum Gasteiger partial charge on any atom is 0.519 e. The first-order valence-corrected chi connectivity index (χ1v) is 4.87. The number of hydrogen-bond acceptors (Lipinski definition) is 5. The number of rotatable bonds is 0. The number of cyclic esters (lactones) is 2. The van der Waals surface area contributed by atoms with Gasteiger partial charge in [0.2, 0.25) is 0 Å². The van der Waals surface area contributed by atoms with Crippen LogP contribution in [0.25, 0.3) is 0 Å². The van der Waals surface area contributed by atoms with Gasteiger partial charge in [-0.15, -0.1) is 0 Å². The van der Waals surface area contributed by atoms with E-state index in [1.165, 1.54) is 0 Å². The lowest BCUT2D eigenvalue weighted by molar-refractivity contribution is -0.0122. The Bertz CT molecular complexity index is 374. The number of fused-ring (bicyclic) bond motifs is 5. The minimum absolute atomic E-state index is 0.137. The van der Waals surface area contributed by atoms with Gasteiger partial charge in [0, 0.05) is 11.3 Å². The molecule has 5 heteroatoms. The number of hydrogen-bond donors (Lipinski definition) is 0. The molecule has 2 bridgehead atoms. The van der Waals surface area contributed by atoms with E-state index in [2.05, 4.69) is 4.74 Å². The van der Waals surface area contributed by atoms with Crippen molar-refractivity contribution in [1.82, 2.24) is 0 Å². The second-order valence-corrected chi connectivity index (χ2v) is 4.46. The predicted octanol–water partition coefficient (Wildman–Crippen LogP) is 1.62. The lowest BCUT2D eigenvalue weighted by Gasteiger charge is -2.29. The number of carbonyl (C=O) groups excluding carboxylic acids is 2. The monoisotopic (exact) mass is 210 g/mol. The van der Waals surface area contributed by atoms with E-state index in [1.54, 1.807) is 0 Å². The summed E-state index contributed by atoms with van der Waals surface area (Å²) in [5.74, 6) is 0.137. The quantitative estimate of drug-likeness (QED) is 0.345. The van der Waals surface area contributed by atoms with E-state index < -0.39 is 18.4 Å². The summed E-state index contributed by atoms with van der Waals surface area (Å²) < 4.78 is 14.4. The summed E-state index contributed by atoms with van der Waals surface area (Å²) in [6.45, 7) is 1.99. The molecule has 3 aliphatic rings. The van der Waals surface area contributed by atoms with Gasteiger partial charge in [-0.2, -0.15) is 0 Å². The van der Waals surface area contributed by atoms with E-state index in [4.69, 9.17) is 9.47 Å². The van der Waals surface area contributed by atoms with Crippen LogP contribution in [0.3, 0.4) is 0 Å². The third-order valence-corrected chi connectivity index (χ3v) is 3.39. The molecule has 0 aromatic heterocycles. The average molecular weight is 210 g/mol. The molecule has 5 nitrogen and oxygen atoms in total. The van der Waals surface area contributed by atoms with Crippen molar-refractivity contribution in [1.29, 1.82) is 0 Å². The van der Waals surface area contributed by atoms with Crippen LogP contribution in [0.5, 0.6) is 0 Å². The Hall–Kier alpha value is -1.52. The Labute approximate surface area is 86.0 Å². The van der Waals surface area contributed by atoms with Crippen molar-refractivity contribution in [2.24, 2.45) is 11.3 Å². The molecule has 1 saturated heterocycles. The summed E-state index contributed by atoms with van der Waals surface area (Å²) >= 11 is 0. The molecule has 0 amide bonds. The fourth-order valence-corrected chi connectivity index (χ4v) is 2.71. The van der Waals surface area contributed by atoms with Crippen LogP contribution in [0.4, 0.5) is 9.59 Å². The minimum Gasteiger partial charge on any atom is -0.426 e. The van der Waals surface area contributed by atoms with Crippen LogP contribution in [0.2, 0.25) is 0 Å². The zero-order valence-corrected chi connectivity index (χ0v) is 8.14. The van der Waals surface area contributed by atoms with Gasteiger partial charge in [-0.05, 0) is 6.42 Å². The van der Waals surface area contributed by atoms with Crippen molar-refractivity contribution in [2.75, 3.05) is 0 Å². The Kier molecular flexibility index (Phi) is 1.48. The summed E-state index contributed by atoms with van der Waals surface area (Å²) in [4.78, 5) is 22.1. The maximum absolute atomic E-state index is 11.1. The molecule has 15 heavy (non-hydrogen) atoms. The molecule has 3 rings (SSSR count). The molecule has 2 aliphatic carbocycles. The summed E-state index contributed by atoms with van der Waals surface area (Å²) in [6.07, 6.45) is 2.15. The first kappa shape index (κ1) is 8.76. The molecule has 4 atom stereocenters. The van der Waals surface area contributed by atoms with Gasteiger partial charge in [-0.25, -0.2) is 9.59 Å². The van der Waals surface area contributed by atoms with Crippen LogP contribution >= 0.6 is 0 Å². The lowest BCUT2D eigenvalue weighted by Crippen LogP contribution is -2.39. The van der Waals surface area contributed by atoms with Crippen molar-refractivity contribution in [3.63, 3.8) is 0 Å². The van der Waals surface area contributed by atoms with Crippen molar-refractivity contribution in [3.05, 3.63) is 12.2 Å². The van der Waals surface area contributed by atoms with Crippen LogP contribution in [0.15, 0.2) is 12.2 Å². The SMILES string of the molecule is C[C@]12C=C[C@H](C1)[C@H]1OC(=O)OC(=O)OC12. The van der Waals surface area contributed by atoms with Crippen LogP contribution in [0, 0.1) is 11.3 Å². The van der Waals surface area contributed by atoms with E-state index in [1.807, 2.05) is 19.1 Å². The third kappa shape index (κ3) is 1.09. The Balaban J connectivity index is 1.97. The van der Waals surface area contributed by atoms with Gasteiger partial charge in [0.25, 0.3) is 0 Å². The Morgan fingerprint density at radius 3 is 2.87 bits per heavy atom. The number of ether oxygens (including phenoxy) is 3. The van der Waals surface area contributed by atoms with Crippen molar-refractivity contribution >= 4 is 12.3 Å². The third-order valence-electron chi connectivity index (χ3n) is 3.39. The van der Waals surface area contributed by atoms with Gasteiger partial charge in [0.05, 0.1) is 0 Å². The van der Waals surface area contributed by atoms with Gasteiger partial charge in [-0.3, -0.25) is 0 Å². The first-order chi connectivity index (χ1) is 7.08. The zero-order valence-electron chi connectivity index (χ0n) is 8.14. The second kappa shape index (κ2) is 2.53. The van der Waals surface area contributed by atoms with E-state index >= 15 is 0 Å². The largest absolute Gasteiger partial charge is 0.519 e. The molecule has 80 valence electrons. The van der Waals surface area contributed by atoms with E-state index in [9.17, 15) is 9.59 Å². The summed E-state index contributed by atoms with van der Waals surface area (Å²) in [6, 6.07) is 0. The minimum atomic E-state index is -0.963. The van der Waals surface area contributed by atoms with Crippen molar-refractivity contribution in [3.8, 4) is 0 Å². The van der Waals surface area contributed by atoms with Gasteiger partial charge in [0.15, 0.2) is 6.10 Å². The highest BCUT2D eigenvalue weighted by atomic mass is 16.8. The van der Waals surface area contributed by atoms with Crippen molar-refractivity contribution in [2.45, 2.75) is 25.6 Å². The highest BCUT2D eigenvalue weighted by Crippen LogP contribution is 2.52. The normalized spacial score (nSPS) is 46.6. The molecule has 0 spiro atoms. The topological polar surface area (TPSA) is 61.8 Å². The number of carbonyl (C=O) groups is 2. The molecule has 0 aromatic rings. The molecule has 0 radical (unpaired) electrons. The fraction of sp³-hybridized carbons (Fsp3) is 0.600. The molecule has 1 heterocycles. The van der Waals surface area contributed by atoms with Gasteiger partial charge in [-0.1, -0.05) is 19.1 Å². The van der Waals surface area contributed by atoms with E-state index in [0.717, 1.165) is 6.42 Å². The van der Waals surface area contributed by atoms with E-state index in [0.29, 0.717) is 0 Å². The molecule has 1 unspecified atom stereocenters. The summed E-state index contributed by atoms with van der Waals surface area (Å²) in [5.41, 5.74) is -0.223. The smallest absolute Gasteiger partial charge is 0.426 e. The van der Waals surface area contributed by atoms with Crippen LogP contribution < -0.4 is 0 Å². The second-order valence-electron chi connectivity index (χ2n) is 4.46. The molecule has 1 saturated carbocycles. The van der Waals surface area contributed by atoms with E-state index in [-0.39, 0.29) is 17.4 Å². The average Bonchev–Trinajstić information content (AvgIpc) is 2.57. The molecule has 0 N–H and O–H groups in total. The first-order valence-electron chi connectivity index (χ1n) is 4.87. The summed E-state index contributed by atoms with van der Waals surface area (Å²) in [5, 5.41) is 0. The van der Waals surface area contributed by atoms with Crippen LogP contribution in [-0.2, 0) is 14.2 Å². The van der Waals surface area contributed by atoms with Crippen LogP contribution in [0.1, 0.15) is 13.3 Å². The van der Waals surface area contributed by atoms with Crippen molar-refractivity contribution < 1.29 is 23.8 Å². The zero-order chi connectivity index (χ0) is 10.6. The Morgan fingerprint density at radius 1 is 1.33 bits per heavy atom. The highest BCUT2D eigenvalue weighted by molar-refractivity contribution is 5.78. The molecule has 0 aromatic carbocycles. The fourth-order valence-electron chi connectivity index (χ4n) is 2.71. The van der Waals surface area contributed by atoms with Crippen LogP contribution in [-0.4, -0.2) is 24.5 Å². The summed E-state index contributed by atoms with van der Waals surface area (Å²) in [7, 11) is 0. The lowest BCUT2D eigenvalue weighted by atomic mass is 9.87. The van der Waals surface area contributed by atoms with Gasteiger partial charge < -0.3 is 14.2 Å². The van der Waals surface area contributed by atoms with Gasteiger partial charge >= 0.3 is 12.3 Å². The molecule has 1 aliphatic heterocycles. The van der Waals surface area contributed by atoms with Gasteiger partial charge in [0.1, 0.15) is 6.10 Å². The molecule has 2 fully saturated rings. The molecular weight excluding hydrogens is 200 g/mol. The predicted molar refractivity (Wildman–Crippen MR) is 47.0 cm³/mol.